The van der Waals surface area contributed by atoms with Crippen LogP contribution in [0.1, 0.15) is 41.6 Å². The van der Waals surface area contributed by atoms with Crippen molar-refractivity contribution < 1.29 is 17.7 Å². The number of hydrogen-bond donors (Lipinski definition) is 0. The van der Waals surface area contributed by atoms with Gasteiger partial charge < -0.3 is 9.26 Å². The Labute approximate surface area is 164 Å². The Bertz CT molecular complexity index is 987. The largest absolute Gasteiger partial charge is 0.381 e. The van der Waals surface area contributed by atoms with E-state index in [1.165, 1.54) is 6.26 Å². The Morgan fingerprint density at radius 2 is 1.46 bits per heavy atom. The maximum atomic E-state index is 12.6. The van der Waals surface area contributed by atoms with Crippen molar-refractivity contribution in [1.29, 1.82) is 0 Å². The highest BCUT2D eigenvalue weighted by Crippen LogP contribution is 2.40. The van der Waals surface area contributed by atoms with Gasteiger partial charge in [0.25, 0.3) is 0 Å². The van der Waals surface area contributed by atoms with Crippen molar-refractivity contribution in [3.63, 3.8) is 0 Å². The molecule has 0 aliphatic carbocycles. The Morgan fingerprint density at radius 3 is 1.96 bits per heavy atom. The third kappa shape index (κ3) is 3.36. The predicted octanol–water partition coefficient (Wildman–Crippen LogP) is 3.30. The zero-order chi connectivity index (χ0) is 19.6. The van der Waals surface area contributed by atoms with E-state index in [-0.39, 0.29) is 11.8 Å². The van der Waals surface area contributed by atoms with E-state index in [9.17, 15) is 8.42 Å². The minimum atomic E-state index is -3.46. The lowest BCUT2D eigenvalue weighted by atomic mass is 9.90. The lowest BCUT2D eigenvalue weighted by Gasteiger charge is -2.31. The lowest BCUT2D eigenvalue weighted by Crippen LogP contribution is -2.41. The average molecular weight is 398 g/mol. The summed E-state index contributed by atoms with van der Waals surface area (Å²) in [7, 11) is -3.46. The number of benzene rings is 2. The van der Waals surface area contributed by atoms with Crippen molar-refractivity contribution in [3.8, 4) is 0 Å². The summed E-state index contributed by atoms with van der Waals surface area (Å²) in [5.74, 6) is 0.378. The van der Waals surface area contributed by atoms with Gasteiger partial charge in [-0.1, -0.05) is 65.8 Å². The monoisotopic (exact) mass is 398 g/mol. The predicted molar refractivity (Wildman–Crippen MR) is 105 cm³/mol. The molecule has 2 heterocycles. The molecule has 146 valence electrons. The van der Waals surface area contributed by atoms with Crippen molar-refractivity contribution in [2.75, 3.05) is 19.5 Å². The highest BCUT2D eigenvalue weighted by molar-refractivity contribution is 7.91. The van der Waals surface area contributed by atoms with E-state index >= 15 is 0 Å². The van der Waals surface area contributed by atoms with Gasteiger partial charge in [-0.3, -0.25) is 0 Å². The van der Waals surface area contributed by atoms with Crippen molar-refractivity contribution in [2.24, 2.45) is 0 Å². The van der Waals surface area contributed by atoms with Crippen molar-refractivity contribution in [3.05, 3.63) is 83.5 Å². The molecule has 6 nitrogen and oxygen atoms in total. The van der Waals surface area contributed by atoms with Gasteiger partial charge in [0.15, 0.2) is 20.4 Å². The van der Waals surface area contributed by atoms with Crippen LogP contribution in [0.2, 0.25) is 0 Å². The molecule has 0 amide bonds. The highest BCUT2D eigenvalue weighted by Gasteiger charge is 2.49. The topological polar surface area (TPSA) is 82.3 Å². The van der Waals surface area contributed by atoms with Crippen LogP contribution in [0.15, 0.2) is 65.2 Å². The molecule has 0 spiro atoms. The molecule has 1 aliphatic rings. The fourth-order valence-electron chi connectivity index (χ4n) is 3.76. The fraction of sp³-hybridized carbons (Fsp3) is 0.333. The maximum Gasteiger partial charge on any atom is 0.248 e. The van der Waals surface area contributed by atoms with Gasteiger partial charge in [-0.25, -0.2) is 8.42 Å². The molecule has 0 radical (unpaired) electrons. The molecule has 0 saturated carbocycles. The molecule has 1 fully saturated rings. The minimum Gasteiger partial charge on any atom is -0.381 e. The summed E-state index contributed by atoms with van der Waals surface area (Å²) in [5.41, 5.74) is 2.03. The summed E-state index contributed by atoms with van der Waals surface area (Å²) >= 11 is 0. The van der Waals surface area contributed by atoms with E-state index in [4.69, 9.17) is 9.26 Å². The highest BCUT2D eigenvalue weighted by atomic mass is 32.2. The molecule has 0 bridgehead atoms. The average Bonchev–Trinajstić information content (AvgIpc) is 3.20. The summed E-state index contributed by atoms with van der Waals surface area (Å²) in [4.78, 5) is 4.61. The number of ether oxygens (including phenoxy) is 1. The lowest BCUT2D eigenvalue weighted by molar-refractivity contribution is 0.0651. The van der Waals surface area contributed by atoms with E-state index in [0.29, 0.717) is 31.9 Å². The van der Waals surface area contributed by atoms with Crippen LogP contribution in [0, 0.1) is 0 Å². The van der Waals surface area contributed by atoms with Gasteiger partial charge in [-0.15, -0.1) is 0 Å². The van der Waals surface area contributed by atoms with E-state index < -0.39 is 14.6 Å². The van der Waals surface area contributed by atoms with Crippen molar-refractivity contribution in [2.45, 2.75) is 23.5 Å². The van der Waals surface area contributed by atoms with Crippen molar-refractivity contribution in [1.82, 2.24) is 10.1 Å². The summed E-state index contributed by atoms with van der Waals surface area (Å²) in [6.07, 6.45) is 1.86. The number of rotatable bonds is 5. The molecule has 28 heavy (non-hydrogen) atoms. The Balaban J connectivity index is 1.81. The Hall–Kier alpha value is -2.51. The third-order valence-electron chi connectivity index (χ3n) is 5.37. The summed E-state index contributed by atoms with van der Waals surface area (Å²) < 4.78 is 35.0. The van der Waals surface area contributed by atoms with Gasteiger partial charge in [-0.05, 0) is 24.0 Å². The van der Waals surface area contributed by atoms with Crippen LogP contribution in [0.25, 0.3) is 0 Å². The molecule has 0 N–H and O–H groups in total. The molecule has 2 aromatic carbocycles. The van der Waals surface area contributed by atoms with Gasteiger partial charge in [-0.2, -0.15) is 4.98 Å². The van der Waals surface area contributed by atoms with Gasteiger partial charge in [0.05, 0.1) is 5.92 Å². The van der Waals surface area contributed by atoms with Crippen LogP contribution < -0.4 is 0 Å². The van der Waals surface area contributed by atoms with Crippen LogP contribution in [0.3, 0.4) is 0 Å². The summed E-state index contributed by atoms with van der Waals surface area (Å²) in [6, 6.07) is 19.8. The van der Waals surface area contributed by atoms with Gasteiger partial charge in [0.1, 0.15) is 0 Å². The zero-order valence-electron chi connectivity index (χ0n) is 15.6. The number of sulfone groups is 1. The van der Waals surface area contributed by atoms with Crippen LogP contribution in [0.4, 0.5) is 0 Å². The zero-order valence-corrected chi connectivity index (χ0v) is 16.4. The second-order valence-corrected chi connectivity index (χ2v) is 9.42. The number of nitrogens with zero attached hydrogens (tertiary/aromatic N) is 2. The van der Waals surface area contributed by atoms with Crippen LogP contribution in [-0.2, 0) is 19.3 Å². The fourth-order valence-corrected chi connectivity index (χ4v) is 5.07. The first-order valence-corrected chi connectivity index (χ1v) is 11.1. The van der Waals surface area contributed by atoms with Crippen molar-refractivity contribution >= 4 is 9.84 Å². The standard InChI is InChI=1S/C21H22N2O4S/c1-28(24,25)21(12-14-26-15-13-21)20-22-19(23-27-20)18(16-8-4-2-5-9-16)17-10-6-3-7-11-17/h2-11,18H,12-15H2,1H3. The first kappa shape index (κ1) is 18.8. The molecule has 1 aliphatic heterocycles. The summed E-state index contributed by atoms with van der Waals surface area (Å²) in [6.45, 7) is 0.706. The van der Waals surface area contributed by atoms with Gasteiger partial charge >= 0.3 is 0 Å². The first-order chi connectivity index (χ1) is 13.5. The Kier molecular flexibility index (Phi) is 5.03. The molecule has 7 heteroatoms. The second kappa shape index (κ2) is 7.48. The molecule has 4 rings (SSSR count). The molecule has 1 saturated heterocycles. The molecular formula is C21H22N2O4S. The number of hydrogen-bond acceptors (Lipinski definition) is 6. The van der Waals surface area contributed by atoms with E-state index in [2.05, 4.69) is 10.1 Å². The van der Waals surface area contributed by atoms with E-state index in [0.717, 1.165) is 11.1 Å². The van der Waals surface area contributed by atoms with Crippen LogP contribution in [-0.4, -0.2) is 38.0 Å². The number of aromatic nitrogens is 2. The molecular weight excluding hydrogens is 376 g/mol. The molecule has 0 atom stereocenters. The van der Waals surface area contributed by atoms with E-state index in [1.807, 2.05) is 60.7 Å². The van der Waals surface area contributed by atoms with Crippen LogP contribution >= 0.6 is 0 Å². The quantitative estimate of drug-likeness (QED) is 0.656. The SMILES string of the molecule is CS(=O)(=O)C1(c2nc(C(c3ccccc3)c3ccccc3)no2)CCOCC1. The second-order valence-electron chi connectivity index (χ2n) is 7.09. The molecule has 3 aromatic rings. The Morgan fingerprint density at radius 1 is 0.929 bits per heavy atom. The third-order valence-corrected chi connectivity index (χ3v) is 7.37. The normalized spacial score (nSPS) is 16.9. The van der Waals surface area contributed by atoms with Gasteiger partial charge in [0, 0.05) is 19.5 Å². The van der Waals surface area contributed by atoms with Crippen LogP contribution in [0.5, 0.6) is 0 Å². The first-order valence-electron chi connectivity index (χ1n) is 9.23. The summed E-state index contributed by atoms with van der Waals surface area (Å²) in [5, 5.41) is 4.21. The molecule has 0 unspecified atom stereocenters. The molecule has 1 aromatic heterocycles. The van der Waals surface area contributed by atoms with E-state index in [1.54, 1.807) is 0 Å². The maximum absolute atomic E-state index is 12.6. The smallest absolute Gasteiger partial charge is 0.248 e. The minimum absolute atomic E-state index is 0.158. The van der Waals surface area contributed by atoms with Gasteiger partial charge in [0.2, 0.25) is 5.89 Å².